The van der Waals surface area contributed by atoms with Crippen LogP contribution in [0.2, 0.25) is 0 Å². The third kappa shape index (κ3) is 2.69. The van der Waals surface area contributed by atoms with Gasteiger partial charge in [-0.25, -0.2) is 4.57 Å². The van der Waals surface area contributed by atoms with Crippen LogP contribution in [-0.4, -0.2) is 11.5 Å². The Balaban J connectivity index is 1.88. The van der Waals surface area contributed by atoms with E-state index in [1.165, 1.54) is 56.5 Å². The Bertz CT molecular complexity index is 1060. The average Bonchev–Trinajstić information content (AvgIpc) is 3.03. The summed E-state index contributed by atoms with van der Waals surface area (Å²) in [7, 11) is 0. The fraction of sp³-hybridized carbons (Fsp3) is 0.318. The second-order valence-corrected chi connectivity index (χ2v) is 7.03. The highest BCUT2D eigenvalue weighted by Gasteiger charge is 2.16. The molecule has 4 rings (SSSR count). The standard InChI is InChI=1S/C22H25N3/c1-15-19-14-25(12-7-3-6-11-23)13-10-17(19)16(2)22-21(15)18-8-4-5-9-20(18)24-22/h4-5,8-10,13-14H,3,6-7,11-12,23H2,1-2H3/p+1. The summed E-state index contributed by atoms with van der Waals surface area (Å²) in [5.41, 5.74) is 10.8. The van der Waals surface area contributed by atoms with Crippen molar-refractivity contribution in [2.75, 3.05) is 6.54 Å². The SMILES string of the molecule is Cc1c2cc[n+](CCCCCN)cc2c(C)c2c1[nH]c1ccccc12. The van der Waals surface area contributed by atoms with Gasteiger partial charge in [-0.15, -0.1) is 0 Å². The van der Waals surface area contributed by atoms with Crippen molar-refractivity contribution in [2.45, 2.75) is 39.7 Å². The first-order valence-electron chi connectivity index (χ1n) is 9.23. The molecule has 2 heterocycles. The molecule has 0 aliphatic rings. The third-order valence-corrected chi connectivity index (χ3v) is 5.40. The molecule has 4 aromatic rings. The molecule has 0 aliphatic carbocycles. The van der Waals surface area contributed by atoms with Gasteiger partial charge < -0.3 is 10.7 Å². The zero-order chi connectivity index (χ0) is 17.4. The minimum absolute atomic E-state index is 0.791. The predicted molar refractivity (Wildman–Crippen MR) is 106 cm³/mol. The highest BCUT2D eigenvalue weighted by Crippen LogP contribution is 2.35. The van der Waals surface area contributed by atoms with Crippen LogP contribution in [0.3, 0.4) is 0 Å². The number of hydrogen-bond acceptors (Lipinski definition) is 1. The Morgan fingerprint density at radius 2 is 1.76 bits per heavy atom. The first-order chi connectivity index (χ1) is 12.2. The minimum atomic E-state index is 0.791. The molecule has 25 heavy (non-hydrogen) atoms. The van der Waals surface area contributed by atoms with Crippen molar-refractivity contribution in [1.29, 1.82) is 0 Å². The van der Waals surface area contributed by atoms with Crippen LogP contribution < -0.4 is 10.3 Å². The Hall–Kier alpha value is -2.39. The smallest absolute Gasteiger partial charge is 0.176 e. The molecule has 0 aliphatic heterocycles. The molecule has 0 radical (unpaired) electrons. The van der Waals surface area contributed by atoms with Crippen molar-refractivity contribution in [1.82, 2.24) is 4.98 Å². The second-order valence-electron chi connectivity index (χ2n) is 7.03. The fourth-order valence-electron chi connectivity index (χ4n) is 4.00. The molecule has 2 aromatic heterocycles. The van der Waals surface area contributed by atoms with Gasteiger partial charge in [0, 0.05) is 34.2 Å². The summed E-state index contributed by atoms with van der Waals surface area (Å²) in [5, 5.41) is 5.38. The number of aromatic nitrogens is 2. The maximum absolute atomic E-state index is 5.60. The Kier molecular flexibility index (Phi) is 4.18. The van der Waals surface area contributed by atoms with E-state index in [0.29, 0.717) is 0 Å². The lowest BCUT2D eigenvalue weighted by molar-refractivity contribution is -0.696. The molecule has 0 spiro atoms. The maximum Gasteiger partial charge on any atom is 0.176 e. The molecule has 0 amide bonds. The number of aromatic amines is 1. The van der Waals surface area contributed by atoms with E-state index in [1.54, 1.807) is 0 Å². The molecule has 2 aromatic carbocycles. The summed E-state index contributed by atoms with van der Waals surface area (Å²) in [6, 6.07) is 10.9. The summed E-state index contributed by atoms with van der Waals surface area (Å²) in [4.78, 5) is 3.62. The van der Waals surface area contributed by atoms with Crippen molar-refractivity contribution < 1.29 is 4.57 Å². The van der Waals surface area contributed by atoms with E-state index in [4.69, 9.17) is 5.73 Å². The summed E-state index contributed by atoms with van der Waals surface area (Å²) >= 11 is 0. The summed E-state index contributed by atoms with van der Waals surface area (Å²) in [6.45, 7) is 6.33. The van der Waals surface area contributed by atoms with Crippen LogP contribution in [-0.2, 0) is 6.54 Å². The molecule has 3 heteroatoms. The van der Waals surface area contributed by atoms with Crippen molar-refractivity contribution in [2.24, 2.45) is 5.73 Å². The van der Waals surface area contributed by atoms with Crippen molar-refractivity contribution in [3.8, 4) is 0 Å². The van der Waals surface area contributed by atoms with E-state index in [0.717, 1.165) is 19.5 Å². The number of H-pyrrole nitrogens is 1. The first kappa shape index (κ1) is 16.1. The Labute approximate surface area is 148 Å². The van der Waals surface area contributed by atoms with Gasteiger partial charge in [-0.2, -0.15) is 0 Å². The molecule has 3 nitrogen and oxygen atoms in total. The van der Waals surface area contributed by atoms with E-state index >= 15 is 0 Å². The molecule has 0 fully saturated rings. The second kappa shape index (κ2) is 6.49. The monoisotopic (exact) mass is 332 g/mol. The molecule has 0 bridgehead atoms. The highest BCUT2D eigenvalue weighted by atomic mass is 14.9. The van der Waals surface area contributed by atoms with E-state index in [-0.39, 0.29) is 0 Å². The number of nitrogens with zero attached hydrogens (tertiary/aromatic N) is 1. The number of benzene rings is 2. The van der Waals surface area contributed by atoms with Crippen LogP contribution in [0.25, 0.3) is 32.6 Å². The van der Waals surface area contributed by atoms with Gasteiger partial charge in [0.05, 0.1) is 5.52 Å². The number of fused-ring (bicyclic) bond motifs is 4. The van der Waals surface area contributed by atoms with Crippen LogP contribution >= 0.6 is 0 Å². The lowest BCUT2D eigenvalue weighted by atomic mass is 9.97. The molecule has 0 saturated heterocycles. The van der Waals surface area contributed by atoms with Gasteiger partial charge in [0.2, 0.25) is 0 Å². The van der Waals surface area contributed by atoms with Crippen LogP contribution in [0.5, 0.6) is 0 Å². The number of pyridine rings is 1. The minimum Gasteiger partial charge on any atom is -0.354 e. The van der Waals surface area contributed by atoms with Crippen molar-refractivity contribution >= 4 is 32.6 Å². The van der Waals surface area contributed by atoms with Gasteiger partial charge in [0.25, 0.3) is 0 Å². The maximum atomic E-state index is 5.60. The third-order valence-electron chi connectivity index (χ3n) is 5.40. The Morgan fingerprint density at radius 3 is 2.60 bits per heavy atom. The molecular weight excluding hydrogens is 306 g/mol. The average molecular weight is 332 g/mol. The summed E-state index contributed by atoms with van der Waals surface area (Å²) < 4.78 is 2.33. The molecular formula is C22H26N3+. The number of hydrogen-bond donors (Lipinski definition) is 2. The first-order valence-corrected chi connectivity index (χ1v) is 9.23. The normalized spacial score (nSPS) is 11.8. The number of aryl methyl sites for hydroxylation is 3. The van der Waals surface area contributed by atoms with Gasteiger partial charge in [-0.3, -0.25) is 0 Å². The lowest BCUT2D eigenvalue weighted by Gasteiger charge is -2.08. The topological polar surface area (TPSA) is 45.7 Å². The molecule has 3 N–H and O–H groups in total. The van der Waals surface area contributed by atoms with Crippen LogP contribution in [0, 0.1) is 13.8 Å². The fourth-order valence-corrected chi connectivity index (χ4v) is 4.00. The van der Waals surface area contributed by atoms with E-state index in [2.05, 4.69) is 66.1 Å². The van der Waals surface area contributed by atoms with Crippen LogP contribution in [0.1, 0.15) is 30.4 Å². The van der Waals surface area contributed by atoms with E-state index in [9.17, 15) is 0 Å². The van der Waals surface area contributed by atoms with Gasteiger partial charge in [0.1, 0.15) is 6.54 Å². The summed E-state index contributed by atoms with van der Waals surface area (Å²) in [5.74, 6) is 0. The van der Waals surface area contributed by atoms with Crippen LogP contribution in [0.15, 0.2) is 42.7 Å². The number of para-hydroxylation sites is 1. The van der Waals surface area contributed by atoms with E-state index in [1.807, 2.05) is 0 Å². The van der Waals surface area contributed by atoms with Gasteiger partial charge >= 0.3 is 0 Å². The number of nitrogens with one attached hydrogen (secondary N) is 1. The predicted octanol–water partition coefficient (Wildman–Crippen LogP) is 4.51. The quantitative estimate of drug-likeness (QED) is 0.410. The zero-order valence-corrected chi connectivity index (χ0v) is 15.1. The van der Waals surface area contributed by atoms with Gasteiger partial charge in [-0.05, 0) is 55.8 Å². The molecule has 128 valence electrons. The van der Waals surface area contributed by atoms with Gasteiger partial charge in [-0.1, -0.05) is 18.2 Å². The number of rotatable bonds is 5. The molecule has 0 unspecified atom stereocenters. The van der Waals surface area contributed by atoms with Crippen molar-refractivity contribution in [3.63, 3.8) is 0 Å². The molecule has 0 saturated carbocycles. The zero-order valence-electron chi connectivity index (χ0n) is 15.1. The van der Waals surface area contributed by atoms with Crippen LogP contribution in [0.4, 0.5) is 0 Å². The lowest BCUT2D eigenvalue weighted by Crippen LogP contribution is -2.32. The van der Waals surface area contributed by atoms with Gasteiger partial charge in [0.15, 0.2) is 12.4 Å². The van der Waals surface area contributed by atoms with E-state index < -0.39 is 0 Å². The van der Waals surface area contributed by atoms with Crippen molar-refractivity contribution in [3.05, 3.63) is 53.9 Å². The Morgan fingerprint density at radius 1 is 0.920 bits per heavy atom. The largest absolute Gasteiger partial charge is 0.354 e. The highest BCUT2D eigenvalue weighted by molar-refractivity contribution is 6.16. The molecule has 0 atom stereocenters. The number of nitrogens with two attached hydrogens (primary N) is 1. The number of unbranched alkanes of at least 4 members (excludes halogenated alkanes) is 2. The summed E-state index contributed by atoms with van der Waals surface area (Å²) in [6.07, 6.45) is 8.02.